The molecule has 2 fully saturated rings. The quantitative estimate of drug-likeness (QED) is 0.0173. The van der Waals surface area contributed by atoms with Crippen LogP contribution in [0.25, 0.3) is 0 Å². The van der Waals surface area contributed by atoms with Crippen molar-refractivity contribution >= 4 is 5.97 Å². The first-order chi connectivity index (χ1) is 35.6. The summed E-state index contributed by atoms with van der Waals surface area (Å²) < 4.78 is 34.2. The van der Waals surface area contributed by atoms with Crippen LogP contribution in [0.15, 0.2) is 122 Å². The highest BCUT2D eigenvalue weighted by molar-refractivity contribution is 5.69. The van der Waals surface area contributed by atoms with Crippen LogP contribution >= 0.6 is 0 Å². The van der Waals surface area contributed by atoms with Gasteiger partial charge in [0.1, 0.15) is 54.9 Å². The fourth-order valence-electron chi connectivity index (χ4n) is 7.63. The molecule has 2 saturated heterocycles. The van der Waals surface area contributed by atoms with Gasteiger partial charge in [0, 0.05) is 13.0 Å². The van der Waals surface area contributed by atoms with E-state index >= 15 is 0 Å². The molecule has 2 aliphatic heterocycles. The van der Waals surface area contributed by atoms with Gasteiger partial charge in [-0.3, -0.25) is 4.79 Å². The summed E-state index contributed by atoms with van der Waals surface area (Å²) in [4.78, 5) is 13.0. The van der Waals surface area contributed by atoms with E-state index < -0.39 is 86.7 Å². The molecule has 73 heavy (non-hydrogen) atoms. The molecule has 0 aromatic heterocycles. The molecule has 0 radical (unpaired) electrons. The third kappa shape index (κ3) is 31.8. The van der Waals surface area contributed by atoms with Crippen molar-refractivity contribution in [3.63, 3.8) is 0 Å². The number of carbonyl (C=O) groups excluding carboxylic acids is 1. The first kappa shape index (κ1) is 65.5. The number of esters is 1. The third-order valence-corrected chi connectivity index (χ3v) is 12.0. The van der Waals surface area contributed by atoms with Gasteiger partial charge >= 0.3 is 5.97 Å². The van der Waals surface area contributed by atoms with E-state index in [9.17, 15) is 40.5 Å². The van der Waals surface area contributed by atoms with Crippen LogP contribution in [-0.2, 0) is 33.2 Å². The number of hydrogen-bond acceptors (Lipinski definition) is 14. The lowest BCUT2D eigenvalue weighted by Gasteiger charge is -2.42. The minimum atomic E-state index is -1.73. The minimum absolute atomic E-state index is 0.0200. The zero-order chi connectivity index (χ0) is 53.0. The molecule has 2 heterocycles. The summed E-state index contributed by atoms with van der Waals surface area (Å²) >= 11 is 0. The van der Waals surface area contributed by atoms with Gasteiger partial charge in [-0.1, -0.05) is 155 Å². The van der Waals surface area contributed by atoms with Crippen molar-refractivity contribution in [3.05, 3.63) is 122 Å². The van der Waals surface area contributed by atoms with Gasteiger partial charge in [0.25, 0.3) is 0 Å². The van der Waals surface area contributed by atoms with E-state index in [2.05, 4.69) is 135 Å². The van der Waals surface area contributed by atoms with Gasteiger partial charge in [-0.05, 0) is 103 Å². The standard InChI is InChI=1S/C59H94O14/c1-3-5-7-9-11-13-15-17-19-21-22-23-24-25-26-27-28-30-32-34-36-38-40-42-51(61)71-48(45-68-43-41-39-37-35-33-31-29-20-18-16-14-12-10-8-6-4-2)46-69-58-57(67)55(65)53(63)50(73-58)47-70-59-56(66)54(64)52(62)49(44-60)72-59/h5-8,11-14,17-20,22-23,25-26,28,30-31,33,48-50,52-60,62-67H,3-4,9-10,15-16,21,24,27,29,32,34-47H2,1-2H3/b7-5-,8-6-,13-11-,14-12-,19-17-,20-18-,23-22-,26-25-,30-28-,33-31-. The summed E-state index contributed by atoms with van der Waals surface area (Å²) in [5, 5.41) is 72.2. The summed E-state index contributed by atoms with van der Waals surface area (Å²) in [6.45, 7) is 3.31. The van der Waals surface area contributed by atoms with Crippen LogP contribution in [0.4, 0.5) is 0 Å². The summed E-state index contributed by atoms with van der Waals surface area (Å²) in [5.74, 6) is -0.418. The van der Waals surface area contributed by atoms with Crippen molar-refractivity contribution < 1.29 is 69.0 Å². The summed E-state index contributed by atoms with van der Waals surface area (Å²) in [5.41, 5.74) is 0. The van der Waals surface area contributed by atoms with Crippen LogP contribution in [0.3, 0.4) is 0 Å². The molecule has 7 N–H and O–H groups in total. The number of rotatable bonds is 41. The Kier molecular flexibility index (Phi) is 40.1. The lowest BCUT2D eigenvalue weighted by Crippen LogP contribution is -2.61. The van der Waals surface area contributed by atoms with Gasteiger partial charge in [0.15, 0.2) is 12.6 Å². The SMILES string of the molecule is CC/C=C\C/C=C\C/C=C\C/C=C\C/C=C\C/C=C\CCCCCCC(=O)OC(COCCCCC/C=C\C/C=C\C/C=C\C/C=C\CC)COC1OC(COC2OC(CO)C(O)C(O)C2O)C(O)C(O)C1O. The number of aliphatic hydroxyl groups is 7. The van der Waals surface area contributed by atoms with Crippen molar-refractivity contribution in [3.8, 4) is 0 Å². The predicted octanol–water partition coefficient (Wildman–Crippen LogP) is 8.96. The van der Waals surface area contributed by atoms with Gasteiger partial charge in [-0.15, -0.1) is 0 Å². The molecular weight excluding hydrogens is 933 g/mol. The number of ether oxygens (including phenoxy) is 6. The molecule has 0 saturated carbocycles. The summed E-state index contributed by atoms with van der Waals surface area (Å²) in [7, 11) is 0. The Balaban J connectivity index is 1.78. The van der Waals surface area contributed by atoms with Crippen molar-refractivity contribution in [1.82, 2.24) is 0 Å². The van der Waals surface area contributed by atoms with Crippen LogP contribution in [0.2, 0.25) is 0 Å². The highest BCUT2D eigenvalue weighted by atomic mass is 16.7. The average molecular weight is 1030 g/mol. The number of hydrogen-bond donors (Lipinski definition) is 7. The predicted molar refractivity (Wildman–Crippen MR) is 288 cm³/mol. The Morgan fingerprint density at radius 1 is 0.452 bits per heavy atom. The number of allylic oxidation sites excluding steroid dienone is 20. The molecule has 0 spiro atoms. The topological polar surface area (TPSA) is 214 Å². The molecule has 0 amide bonds. The second-order valence-corrected chi connectivity index (χ2v) is 18.3. The van der Waals surface area contributed by atoms with Crippen molar-refractivity contribution in [2.45, 2.75) is 210 Å². The fourth-order valence-corrected chi connectivity index (χ4v) is 7.63. The van der Waals surface area contributed by atoms with E-state index in [0.29, 0.717) is 13.0 Å². The van der Waals surface area contributed by atoms with Crippen LogP contribution in [0.5, 0.6) is 0 Å². The van der Waals surface area contributed by atoms with Gasteiger partial charge in [0.05, 0.1) is 26.4 Å². The molecule has 11 atom stereocenters. The van der Waals surface area contributed by atoms with Crippen LogP contribution in [-0.4, -0.2) is 142 Å². The van der Waals surface area contributed by atoms with Crippen molar-refractivity contribution in [2.24, 2.45) is 0 Å². The zero-order valence-electron chi connectivity index (χ0n) is 44.1. The average Bonchev–Trinajstić information content (AvgIpc) is 3.39. The largest absolute Gasteiger partial charge is 0.457 e. The molecule has 414 valence electrons. The van der Waals surface area contributed by atoms with Crippen molar-refractivity contribution in [2.75, 3.05) is 33.0 Å². The highest BCUT2D eigenvalue weighted by Crippen LogP contribution is 2.26. The normalized spacial score (nSPS) is 25.9. The van der Waals surface area contributed by atoms with E-state index in [0.717, 1.165) is 116 Å². The fraction of sp³-hybridized carbons (Fsp3) is 0.644. The summed E-state index contributed by atoms with van der Waals surface area (Å²) in [6.07, 6.45) is 45.4. The molecule has 2 aliphatic rings. The second kappa shape index (κ2) is 44.7. The molecule has 2 rings (SSSR count). The molecular formula is C59H94O14. The number of aliphatic hydroxyl groups excluding tert-OH is 7. The Labute approximate surface area is 437 Å². The van der Waals surface area contributed by atoms with Gasteiger partial charge < -0.3 is 64.2 Å². The molecule has 0 bridgehead atoms. The van der Waals surface area contributed by atoms with Gasteiger partial charge in [0.2, 0.25) is 0 Å². The van der Waals surface area contributed by atoms with E-state index in [-0.39, 0.29) is 19.6 Å². The number of unbranched alkanes of at least 4 members (excludes halogenated alkanes) is 7. The maximum atomic E-state index is 13.0. The van der Waals surface area contributed by atoms with Crippen LogP contribution in [0, 0.1) is 0 Å². The van der Waals surface area contributed by atoms with Gasteiger partial charge in [-0.25, -0.2) is 0 Å². The third-order valence-electron chi connectivity index (χ3n) is 12.0. The molecule has 14 heteroatoms. The summed E-state index contributed by atoms with van der Waals surface area (Å²) in [6, 6.07) is 0. The second-order valence-electron chi connectivity index (χ2n) is 18.3. The van der Waals surface area contributed by atoms with E-state index in [4.69, 9.17) is 28.4 Å². The monoisotopic (exact) mass is 1030 g/mol. The lowest BCUT2D eigenvalue weighted by atomic mass is 9.98. The zero-order valence-corrected chi connectivity index (χ0v) is 44.1. The van der Waals surface area contributed by atoms with E-state index in [1.54, 1.807) is 0 Å². The molecule has 11 unspecified atom stereocenters. The van der Waals surface area contributed by atoms with Crippen LogP contribution in [0.1, 0.15) is 142 Å². The number of carbonyl (C=O) groups is 1. The van der Waals surface area contributed by atoms with E-state index in [1.165, 1.54) is 0 Å². The van der Waals surface area contributed by atoms with Gasteiger partial charge in [-0.2, -0.15) is 0 Å². The maximum Gasteiger partial charge on any atom is 0.306 e. The molecule has 0 aromatic carbocycles. The minimum Gasteiger partial charge on any atom is -0.457 e. The smallest absolute Gasteiger partial charge is 0.306 e. The highest BCUT2D eigenvalue weighted by Gasteiger charge is 2.47. The lowest BCUT2D eigenvalue weighted by molar-refractivity contribution is -0.332. The Morgan fingerprint density at radius 2 is 0.849 bits per heavy atom. The maximum absolute atomic E-state index is 13.0. The first-order valence-electron chi connectivity index (χ1n) is 27.1. The molecule has 0 aliphatic carbocycles. The Hall–Kier alpha value is -3.61. The Morgan fingerprint density at radius 3 is 1.32 bits per heavy atom. The molecule has 14 nitrogen and oxygen atoms in total. The van der Waals surface area contributed by atoms with Crippen molar-refractivity contribution in [1.29, 1.82) is 0 Å². The Bertz CT molecular complexity index is 1660. The first-order valence-corrected chi connectivity index (χ1v) is 27.1. The van der Waals surface area contributed by atoms with Crippen LogP contribution < -0.4 is 0 Å². The van der Waals surface area contributed by atoms with E-state index in [1.807, 2.05) is 0 Å². The molecule has 0 aromatic rings.